The van der Waals surface area contributed by atoms with E-state index in [4.69, 9.17) is 15.7 Å². The minimum Gasteiger partial charge on any atom is -0.482 e. The molecule has 4 N–H and O–H groups in total. The number of hydrogen-bond donors (Lipinski definition) is 3. The predicted molar refractivity (Wildman–Crippen MR) is 90.8 cm³/mol. The zero-order valence-electron chi connectivity index (χ0n) is 13.4. The third-order valence-corrected chi connectivity index (χ3v) is 3.38. The molecule has 3 rings (SSSR count). The molecule has 10 heteroatoms. The fraction of sp³-hybridized carbons (Fsp3) is 0.125. The van der Waals surface area contributed by atoms with Gasteiger partial charge < -0.3 is 21.1 Å². The van der Waals surface area contributed by atoms with Crippen LogP contribution in [0.15, 0.2) is 29.3 Å². The van der Waals surface area contributed by atoms with Crippen molar-refractivity contribution in [3.05, 3.63) is 41.2 Å². The molecule has 130 valence electrons. The fourth-order valence-electron chi connectivity index (χ4n) is 2.25. The van der Waals surface area contributed by atoms with Crippen molar-refractivity contribution in [2.24, 2.45) is 10.7 Å². The second-order valence-electron chi connectivity index (χ2n) is 5.18. The van der Waals surface area contributed by atoms with E-state index in [1.165, 1.54) is 6.07 Å². The molecule has 2 aromatic rings. The van der Waals surface area contributed by atoms with Gasteiger partial charge in [-0.25, -0.2) is 15.0 Å². The van der Waals surface area contributed by atoms with E-state index >= 15 is 0 Å². The topological polar surface area (TPSA) is 155 Å². The van der Waals surface area contributed by atoms with Gasteiger partial charge in [-0.15, -0.1) is 0 Å². The van der Waals surface area contributed by atoms with Gasteiger partial charge >= 0.3 is 0 Å². The van der Waals surface area contributed by atoms with Crippen LogP contribution in [0.1, 0.15) is 21.7 Å². The van der Waals surface area contributed by atoms with E-state index < -0.39 is 5.91 Å². The van der Waals surface area contributed by atoms with Crippen molar-refractivity contribution in [3.63, 3.8) is 0 Å². The maximum Gasteiger partial charge on any atom is 0.270 e. The van der Waals surface area contributed by atoms with E-state index in [2.05, 4.69) is 25.6 Å². The van der Waals surface area contributed by atoms with Gasteiger partial charge in [-0.05, 0) is 17.7 Å². The monoisotopic (exact) mass is 351 g/mol. The molecule has 0 radical (unpaired) electrons. The summed E-state index contributed by atoms with van der Waals surface area (Å²) in [5.41, 5.74) is 6.47. The minimum atomic E-state index is -0.504. The number of anilines is 1. The van der Waals surface area contributed by atoms with Crippen LogP contribution in [-0.4, -0.2) is 34.7 Å². The molecular formula is C16H13N7O3. The van der Waals surface area contributed by atoms with Crippen LogP contribution in [0.4, 0.5) is 11.6 Å². The lowest BCUT2D eigenvalue weighted by Crippen LogP contribution is -2.26. The Bertz CT molecular complexity index is 949. The highest BCUT2D eigenvalue weighted by atomic mass is 16.5. The van der Waals surface area contributed by atoms with Crippen molar-refractivity contribution in [2.75, 3.05) is 11.9 Å². The molecule has 0 saturated heterocycles. The number of carbonyl (C=O) groups excluding carboxylic acids is 2. The van der Waals surface area contributed by atoms with E-state index in [9.17, 15) is 9.59 Å². The molecule has 0 fully saturated rings. The number of ether oxygens (including phenoxy) is 1. The van der Waals surface area contributed by atoms with E-state index in [0.717, 1.165) is 11.9 Å². The summed E-state index contributed by atoms with van der Waals surface area (Å²) in [7, 11) is 0. The summed E-state index contributed by atoms with van der Waals surface area (Å²) in [5, 5.41) is 14.4. The molecule has 2 amide bonds. The first kappa shape index (κ1) is 16.8. The summed E-state index contributed by atoms with van der Waals surface area (Å²) in [5.74, 6) is -0.254. The minimum absolute atomic E-state index is 0.000563. The Morgan fingerprint density at radius 2 is 2.31 bits per heavy atom. The van der Waals surface area contributed by atoms with Crippen molar-refractivity contribution in [2.45, 2.75) is 6.54 Å². The molecule has 1 aliphatic heterocycles. The van der Waals surface area contributed by atoms with Crippen LogP contribution in [0.25, 0.3) is 0 Å². The second kappa shape index (κ2) is 7.27. The second-order valence-corrected chi connectivity index (χ2v) is 5.18. The fourth-order valence-corrected chi connectivity index (χ4v) is 2.25. The van der Waals surface area contributed by atoms with Crippen LogP contribution < -0.4 is 21.1 Å². The number of aliphatic imine (C=N–C) groups is 1. The molecule has 1 aromatic carbocycles. The highest BCUT2D eigenvalue weighted by Gasteiger charge is 2.16. The first-order valence-electron chi connectivity index (χ1n) is 7.46. The number of nitrogens with zero attached hydrogens (tertiary/aromatic N) is 4. The molecule has 0 saturated carbocycles. The van der Waals surface area contributed by atoms with Gasteiger partial charge in [0.25, 0.3) is 17.8 Å². The van der Waals surface area contributed by atoms with Gasteiger partial charge in [0.1, 0.15) is 23.2 Å². The SMILES string of the molecule is N#Cc1cc(C(=O)NCc2ccc3c(c2)NC(=O)CO3)nc(/N=C\N)n1. The largest absolute Gasteiger partial charge is 0.482 e. The molecule has 2 heterocycles. The Kier molecular flexibility index (Phi) is 4.71. The van der Waals surface area contributed by atoms with Gasteiger partial charge in [-0.1, -0.05) is 6.07 Å². The van der Waals surface area contributed by atoms with Gasteiger partial charge in [0.15, 0.2) is 6.61 Å². The molecule has 10 nitrogen and oxygen atoms in total. The number of carbonyl (C=O) groups is 2. The highest BCUT2D eigenvalue weighted by Crippen LogP contribution is 2.28. The molecule has 0 spiro atoms. The Hall–Kier alpha value is -4.00. The number of fused-ring (bicyclic) bond motifs is 1. The number of nitrogens with one attached hydrogen (secondary N) is 2. The summed E-state index contributed by atoms with van der Waals surface area (Å²) < 4.78 is 5.28. The van der Waals surface area contributed by atoms with Crippen molar-refractivity contribution >= 4 is 29.8 Å². The first-order chi connectivity index (χ1) is 12.6. The quantitative estimate of drug-likeness (QED) is 0.526. The van der Waals surface area contributed by atoms with Gasteiger partial charge in [0.2, 0.25) is 0 Å². The van der Waals surface area contributed by atoms with Crippen molar-refractivity contribution in [1.82, 2.24) is 15.3 Å². The summed E-state index contributed by atoms with van der Waals surface area (Å²) in [6, 6.07) is 8.27. The number of benzene rings is 1. The standard InChI is InChI=1S/C16H13N7O3/c17-5-10-4-12(23-16(21-10)20-8-18)15(25)19-6-9-1-2-13-11(3-9)22-14(24)7-26-13/h1-4,8H,6-7H2,(H,19,25)(H,22,24)(H2,18,20,21,23). The first-order valence-corrected chi connectivity index (χ1v) is 7.46. The number of nitriles is 1. The van der Waals surface area contributed by atoms with Crippen LogP contribution in [0, 0.1) is 11.3 Å². The summed E-state index contributed by atoms with van der Waals surface area (Å²) >= 11 is 0. The molecule has 0 unspecified atom stereocenters. The smallest absolute Gasteiger partial charge is 0.270 e. The third-order valence-electron chi connectivity index (χ3n) is 3.38. The van der Waals surface area contributed by atoms with E-state index in [0.29, 0.717) is 11.4 Å². The Labute approximate surface area is 147 Å². The number of hydrogen-bond acceptors (Lipinski definition) is 7. The lowest BCUT2D eigenvalue weighted by molar-refractivity contribution is -0.118. The molecule has 0 aliphatic carbocycles. The van der Waals surface area contributed by atoms with Gasteiger partial charge in [0, 0.05) is 12.6 Å². The number of rotatable bonds is 4. The molecule has 26 heavy (non-hydrogen) atoms. The van der Waals surface area contributed by atoms with Crippen LogP contribution in [-0.2, 0) is 11.3 Å². The number of amides is 2. The van der Waals surface area contributed by atoms with E-state index in [1.807, 2.05) is 6.07 Å². The molecule has 0 atom stereocenters. The molecular weight excluding hydrogens is 338 g/mol. The molecule has 1 aliphatic rings. The third kappa shape index (κ3) is 3.73. The Morgan fingerprint density at radius 1 is 1.46 bits per heavy atom. The van der Waals surface area contributed by atoms with Crippen molar-refractivity contribution in [1.29, 1.82) is 5.26 Å². The lowest BCUT2D eigenvalue weighted by atomic mass is 10.1. The van der Waals surface area contributed by atoms with Crippen molar-refractivity contribution in [3.8, 4) is 11.8 Å². The zero-order valence-corrected chi connectivity index (χ0v) is 13.4. The average Bonchev–Trinajstić information content (AvgIpc) is 2.65. The van der Waals surface area contributed by atoms with E-state index in [1.54, 1.807) is 18.2 Å². The Morgan fingerprint density at radius 3 is 3.08 bits per heavy atom. The Balaban J connectivity index is 1.73. The van der Waals surface area contributed by atoms with Crippen LogP contribution in [0.3, 0.4) is 0 Å². The summed E-state index contributed by atoms with van der Waals surface area (Å²) in [6.07, 6.45) is 0.974. The van der Waals surface area contributed by atoms with Crippen LogP contribution in [0.2, 0.25) is 0 Å². The number of aromatic nitrogens is 2. The van der Waals surface area contributed by atoms with E-state index in [-0.39, 0.29) is 36.4 Å². The average molecular weight is 351 g/mol. The van der Waals surface area contributed by atoms with Gasteiger partial charge in [-0.3, -0.25) is 9.59 Å². The van der Waals surface area contributed by atoms with Gasteiger partial charge in [0.05, 0.1) is 12.0 Å². The normalized spacial score (nSPS) is 12.7. The molecule has 1 aromatic heterocycles. The molecule has 0 bridgehead atoms. The predicted octanol–water partition coefficient (Wildman–Crippen LogP) is 0.228. The number of nitrogens with two attached hydrogens (primary N) is 1. The van der Waals surface area contributed by atoms with Gasteiger partial charge in [-0.2, -0.15) is 5.26 Å². The summed E-state index contributed by atoms with van der Waals surface area (Å²) in [4.78, 5) is 35.1. The summed E-state index contributed by atoms with van der Waals surface area (Å²) in [6.45, 7) is 0.162. The maximum absolute atomic E-state index is 12.3. The maximum atomic E-state index is 12.3. The highest BCUT2D eigenvalue weighted by molar-refractivity contribution is 5.95. The lowest BCUT2D eigenvalue weighted by Gasteiger charge is -2.18. The zero-order chi connectivity index (χ0) is 18.5. The van der Waals surface area contributed by atoms with Crippen LogP contribution >= 0.6 is 0 Å². The van der Waals surface area contributed by atoms with Crippen molar-refractivity contribution < 1.29 is 14.3 Å². The van der Waals surface area contributed by atoms with Crippen LogP contribution in [0.5, 0.6) is 5.75 Å².